The van der Waals surface area contributed by atoms with Crippen LogP contribution >= 0.6 is 27.5 Å². The van der Waals surface area contributed by atoms with Crippen LogP contribution in [0.4, 0.5) is 0 Å². The fourth-order valence-corrected chi connectivity index (χ4v) is 5.62. The van der Waals surface area contributed by atoms with Gasteiger partial charge in [0.05, 0.1) is 11.7 Å². The lowest BCUT2D eigenvalue weighted by Crippen LogP contribution is -2.41. The molecule has 1 aromatic carbocycles. The molecule has 1 fully saturated rings. The van der Waals surface area contributed by atoms with Crippen LogP contribution in [-0.4, -0.2) is 34.0 Å². The lowest BCUT2D eigenvalue weighted by Gasteiger charge is -2.34. The highest BCUT2D eigenvalue weighted by Gasteiger charge is 2.36. The number of nitrogens with zero attached hydrogens (tertiary/aromatic N) is 3. The highest BCUT2D eigenvalue weighted by Crippen LogP contribution is 2.40. The number of aryl methyl sites for hydroxylation is 2. The molecular formula is C25H26BrClN4. The molecule has 2 aliphatic rings. The normalized spacial score (nSPS) is 20.8. The maximum absolute atomic E-state index is 6.38. The molecule has 0 bridgehead atoms. The van der Waals surface area contributed by atoms with Gasteiger partial charge in [0.25, 0.3) is 0 Å². The Bertz CT molecular complexity index is 1010. The summed E-state index contributed by atoms with van der Waals surface area (Å²) < 4.78 is 1.05. The maximum atomic E-state index is 6.38. The first-order chi connectivity index (χ1) is 15.2. The number of nitrogens with one attached hydrogen (secondary N) is 1. The van der Waals surface area contributed by atoms with E-state index in [0.29, 0.717) is 6.04 Å². The molecule has 5 rings (SSSR count). The van der Waals surface area contributed by atoms with Gasteiger partial charge in [0.2, 0.25) is 0 Å². The third-order valence-corrected chi connectivity index (χ3v) is 7.15. The van der Waals surface area contributed by atoms with Gasteiger partial charge in [0, 0.05) is 47.2 Å². The molecule has 2 aromatic heterocycles. The van der Waals surface area contributed by atoms with E-state index < -0.39 is 0 Å². The van der Waals surface area contributed by atoms with Gasteiger partial charge in [-0.15, -0.1) is 0 Å². The topological polar surface area (TPSA) is 41.1 Å². The molecule has 1 saturated heterocycles. The van der Waals surface area contributed by atoms with E-state index in [1.165, 1.54) is 40.8 Å². The van der Waals surface area contributed by atoms with Gasteiger partial charge in [0.1, 0.15) is 0 Å². The summed E-state index contributed by atoms with van der Waals surface area (Å²) in [5.74, 6) is 0. The Morgan fingerprint density at radius 1 is 1.13 bits per heavy atom. The van der Waals surface area contributed by atoms with Gasteiger partial charge in [-0.1, -0.05) is 23.7 Å². The first kappa shape index (κ1) is 21.1. The smallest absolute Gasteiger partial charge is 0.0784 e. The lowest BCUT2D eigenvalue weighted by atomic mass is 9.96. The molecule has 4 nitrogen and oxygen atoms in total. The number of pyridine rings is 2. The third-order valence-electron chi connectivity index (χ3n) is 6.48. The standard InChI is InChI=1S/C25H26BrClN4/c26-20-11-19-6-5-18-12-21(27)7-8-23(18)25(24(19)30-15-20)31-10-2-4-22(31)16-29-14-17-3-1-9-28-13-17/h1,3,7-9,11-13,15,22,25,29H,2,4-6,10,14,16H2. The van der Waals surface area contributed by atoms with Gasteiger partial charge in [-0.05, 0) is 94.7 Å². The summed E-state index contributed by atoms with van der Waals surface area (Å²) in [6.07, 6.45) is 10.1. The van der Waals surface area contributed by atoms with Crippen LogP contribution < -0.4 is 5.32 Å². The lowest BCUT2D eigenvalue weighted by molar-refractivity contribution is 0.198. The molecule has 0 amide bonds. The molecule has 0 saturated carbocycles. The van der Waals surface area contributed by atoms with E-state index in [9.17, 15) is 0 Å². The van der Waals surface area contributed by atoms with Gasteiger partial charge in [0.15, 0.2) is 0 Å². The predicted octanol–water partition coefficient (Wildman–Crippen LogP) is 5.33. The third kappa shape index (κ3) is 4.56. The molecule has 160 valence electrons. The summed E-state index contributed by atoms with van der Waals surface area (Å²) in [6.45, 7) is 2.89. The van der Waals surface area contributed by atoms with Crippen molar-refractivity contribution in [3.63, 3.8) is 0 Å². The molecule has 3 heterocycles. The fourth-order valence-electron chi connectivity index (χ4n) is 5.05. The van der Waals surface area contributed by atoms with Crippen LogP contribution in [-0.2, 0) is 19.4 Å². The number of fused-ring (bicyclic) bond motifs is 2. The summed E-state index contributed by atoms with van der Waals surface area (Å²) >= 11 is 10.00. The Hall–Kier alpha value is -1.79. The number of aromatic nitrogens is 2. The Labute approximate surface area is 197 Å². The van der Waals surface area contributed by atoms with Gasteiger partial charge in [-0.2, -0.15) is 0 Å². The van der Waals surface area contributed by atoms with Gasteiger partial charge < -0.3 is 5.32 Å². The monoisotopic (exact) mass is 496 g/mol. The molecule has 1 N–H and O–H groups in total. The van der Waals surface area contributed by atoms with E-state index >= 15 is 0 Å². The fraction of sp³-hybridized carbons (Fsp3) is 0.360. The van der Waals surface area contributed by atoms with Crippen molar-refractivity contribution in [2.45, 2.75) is 44.3 Å². The molecule has 2 unspecified atom stereocenters. The number of likely N-dealkylation sites (tertiary alicyclic amines) is 1. The van der Waals surface area contributed by atoms with Gasteiger partial charge in [-0.3, -0.25) is 14.9 Å². The predicted molar refractivity (Wildman–Crippen MR) is 128 cm³/mol. The number of benzene rings is 1. The van der Waals surface area contributed by atoms with E-state index in [2.05, 4.69) is 55.4 Å². The van der Waals surface area contributed by atoms with E-state index in [1.54, 1.807) is 0 Å². The molecule has 1 aliphatic heterocycles. The zero-order valence-corrected chi connectivity index (χ0v) is 19.7. The van der Waals surface area contributed by atoms with Crippen molar-refractivity contribution in [1.29, 1.82) is 0 Å². The SMILES string of the molecule is Clc1ccc2c(c1)CCc1cc(Br)cnc1C2N1CCCC1CNCc1cccnc1. The van der Waals surface area contributed by atoms with Gasteiger partial charge >= 0.3 is 0 Å². The summed E-state index contributed by atoms with van der Waals surface area (Å²) in [5.41, 5.74) is 6.46. The van der Waals surface area contributed by atoms with Gasteiger partial charge in [-0.25, -0.2) is 0 Å². The molecule has 0 spiro atoms. The number of rotatable bonds is 5. The molecule has 0 radical (unpaired) electrons. The minimum absolute atomic E-state index is 0.172. The average molecular weight is 498 g/mol. The van der Waals surface area contributed by atoms with E-state index in [1.807, 2.05) is 30.7 Å². The zero-order chi connectivity index (χ0) is 21.2. The largest absolute Gasteiger partial charge is 0.311 e. The van der Waals surface area contributed by atoms with Crippen LogP contribution in [0.2, 0.25) is 5.02 Å². The Balaban J connectivity index is 1.44. The summed E-state index contributed by atoms with van der Waals surface area (Å²) in [7, 11) is 0. The van der Waals surface area contributed by atoms with Crippen molar-refractivity contribution in [2.75, 3.05) is 13.1 Å². The van der Waals surface area contributed by atoms with Crippen molar-refractivity contribution in [3.8, 4) is 0 Å². The van der Waals surface area contributed by atoms with Crippen LogP contribution in [0.1, 0.15) is 46.8 Å². The molecular weight excluding hydrogens is 472 g/mol. The molecule has 31 heavy (non-hydrogen) atoms. The Morgan fingerprint density at radius 2 is 2.03 bits per heavy atom. The van der Waals surface area contributed by atoms with Crippen LogP contribution in [0.25, 0.3) is 0 Å². The van der Waals surface area contributed by atoms with Crippen molar-refractivity contribution in [1.82, 2.24) is 20.2 Å². The van der Waals surface area contributed by atoms with Crippen LogP contribution in [0, 0.1) is 0 Å². The highest BCUT2D eigenvalue weighted by atomic mass is 79.9. The van der Waals surface area contributed by atoms with E-state index in [4.69, 9.17) is 16.6 Å². The first-order valence-corrected chi connectivity index (χ1v) is 12.1. The van der Waals surface area contributed by atoms with Crippen molar-refractivity contribution in [2.24, 2.45) is 0 Å². The second-order valence-corrected chi connectivity index (χ2v) is 9.82. The van der Waals surface area contributed by atoms with E-state index in [-0.39, 0.29) is 6.04 Å². The number of hydrogen-bond donors (Lipinski definition) is 1. The summed E-state index contributed by atoms with van der Waals surface area (Å²) in [6, 6.07) is 13.4. The van der Waals surface area contributed by atoms with Crippen LogP contribution in [0.5, 0.6) is 0 Å². The number of hydrogen-bond acceptors (Lipinski definition) is 4. The minimum Gasteiger partial charge on any atom is -0.311 e. The van der Waals surface area contributed by atoms with Crippen molar-refractivity contribution in [3.05, 3.63) is 92.4 Å². The first-order valence-electron chi connectivity index (χ1n) is 11.0. The zero-order valence-electron chi connectivity index (χ0n) is 17.4. The Kier molecular flexibility index (Phi) is 6.37. The quantitative estimate of drug-likeness (QED) is 0.517. The molecule has 6 heteroatoms. The van der Waals surface area contributed by atoms with Crippen molar-refractivity contribution >= 4 is 27.5 Å². The van der Waals surface area contributed by atoms with E-state index in [0.717, 1.165) is 42.0 Å². The molecule has 1 aliphatic carbocycles. The second-order valence-electron chi connectivity index (χ2n) is 8.47. The molecule has 2 atom stereocenters. The van der Waals surface area contributed by atoms with Crippen LogP contribution in [0.3, 0.4) is 0 Å². The maximum Gasteiger partial charge on any atom is 0.0784 e. The highest BCUT2D eigenvalue weighted by molar-refractivity contribution is 9.10. The Morgan fingerprint density at radius 3 is 2.90 bits per heavy atom. The van der Waals surface area contributed by atoms with Crippen molar-refractivity contribution < 1.29 is 0 Å². The summed E-state index contributed by atoms with van der Waals surface area (Å²) in [4.78, 5) is 11.8. The molecule has 3 aromatic rings. The van der Waals surface area contributed by atoms with Crippen LogP contribution in [0.15, 0.2) is 59.5 Å². The average Bonchev–Trinajstić information content (AvgIpc) is 3.17. The second kappa shape index (κ2) is 9.37. The number of halogens is 2. The summed E-state index contributed by atoms with van der Waals surface area (Å²) in [5, 5.41) is 4.48. The minimum atomic E-state index is 0.172.